The normalized spacial score (nSPS) is 12.4. The molecule has 22 heavy (non-hydrogen) atoms. The van der Waals surface area contributed by atoms with E-state index in [-0.39, 0.29) is 6.04 Å². The minimum Gasteiger partial charge on any atom is -0.440 e. The van der Waals surface area contributed by atoms with Crippen LogP contribution in [-0.4, -0.2) is 31.3 Å². The number of aryl methyl sites for hydroxylation is 1. The van der Waals surface area contributed by atoms with Crippen LogP contribution in [0.1, 0.15) is 24.1 Å². The molecular weight excluding hydrogens is 301 g/mol. The van der Waals surface area contributed by atoms with Gasteiger partial charge in [-0.1, -0.05) is 24.3 Å². The molecule has 1 aromatic carbocycles. The number of hydrogen-bond acceptors (Lipinski definition) is 3. The number of hydrogen-bond donors (Lipinski definition) is 2. The zero-order valence-corrected chi connectivity index (χ0v) is 12.2. The van der Waals surface area contributed by atoms with Gasteiger partial charge in [0.15, 0.2) is 6.61 Å². The minimum absolute atomic E-state index is 0.290. The zero-order chi connectivity index (χ0) is 16.8. The number of alkyl halides is 3. The van der Waals surface area contributed by atoms with Gasteiger partial charge in [-0.15, -0.1) is 0 Å². The van der Waals surface area contributed by atoms with Crippen LogP contribution >= 0.6 is 0 Å². The molecule has 0 saturated carbocycles. The Bertz CT molecular complexity index is 532. The van der Waals surface area contributed by atoms with Gasteiger partial charge in [-0.3, -0.25) is 4.79 Å². The third-order valence-corrected chi connectivity index (χ3v) is 2.79. The number of rotatable bonds is 5. The van der Waals surface area contributed by atoms with Gasteiger partial charge in [0.1, 0.15) is 6.54 Å². The molecule has 2 amide bonds. The van der Waals surface area contributed by atoms with E-state index in [1.165, 1.54) is 0 Å². The maximum Gasteiger partial charge on any atom is 0.422 e. The molecule has 0 aliphatic heterocycles. The predicted octanol–water partition coefficient (Wildman–Crippen LogP) is 2.46. The number of carbonyl (C=O) groups is 2. The van der Waals surface area contributed by atoms with E-state index >= 15 is 0 Å². The summed E-state index contributed by atoms with van der Waals surface area (Å²) < 4.78 is 39.4. The third kappa shape index (κ3) is 6.47. The Balaban J connectivity index is 2.37. The number of ether oxygens (including phenoxy) is 1. The van der Waals surface area contributed by atoms with Gasteiger partial charge >= 0.3 is 12.3 Å². The lowest BCUT2D eigenvalue weighted by atomic mass is 10.0. The molecule has 0 aromatic heterocycles. The molecule has 122 valence electrons. The second-order valence-electron chi connectivity index (χ2n) is 4.69. The van der Waals surface area contributed by atoms with E-state index in [1.807, 2.05) is 36.5 Å². The van der Waals surface area contributed by atoms with Gasteiger partial charge in [-0.25, -0.2) is 4.79 Å². The smallest absolute Gasteiger partial charge is 0.422 e. The second-order valence-corrected chi connectivity index (χ2v) is 4.69. The number of halogens is 3. The van der Waals surface area contributed by atoms with Crippen LogP contribution in [0.2, 0.25) is 0 Å². The molecule has 0 heterocycles. The lowest BCUT2D eigenvalue weighted by Crippen LogP contribution is -2.39. The first kappa shape index (κ1) is 17.8. The highest BCUT2D eigenvalue weighted by Gasteiger charge is 2.29. The summed E-state index contributed by atoms with van der Waals surface area (Å²) in [5.41, 5.74) is 1.91. The van der Waals surface area contributed by atoms with E-state index in [0.29, 0.717) is 0 Å². The molecule has 0 saturated heterocycles. The first-order chi connectivity index (χ1) is 10.2. The van der Waals surface area contributed by atoms with Crippen molar-refractivity contribution in [3.05, 3.63) is 35.4 Å². The number of amides is 2. The highest BCUT2D eigenvalue weighted by atomic mass is 19.4. The van der Waals surface area contributed by atoms with Crippen LogP contribution in [0, 0.1) is 6.92 Å². The van der Waals surface area contributed by atoms with Crippen LogP contribution in [0.3, 0.4) is 0 Å². The fourth-order valence-corrected chi connectivity index (χ4v) is 1.79. The molecular formula is C14H17F3N2O3. The maximum atomic E-state index is 11.8. The molecule has 0 aliphatic rings. The predicted molar refractivity (Wildman–Crippen MR) is 73.1 cm³/mol. The second kappa shape index (κ2) is 7.67. The lowest BCUT2D eigenvalue weighted by molar-refractivity contribution is -0.160. The Hall–Kier alpha value is -2.25. The molecule has 8 heteroatoms. The molecule has 0 bridgehead atoms. The summed E-state index contributed by atoms with van der Waals surface area (Å²) >= 11 is 0. The summed E-state index contributed by atoms with van der Waals surface area (Å²) in [5, 5.41) is 4.59. The van der Waals surface area contributed by atoms with Gasteiger partial charge in [0.25, 0.3) is 0 Å². The summed E-state index contributed by atoms with van der Waals surface area (Å²) in [4.78, 5) is 22.6. The highest BCUT2D eigenvalue weighted by molar-refractivity contribution is 5.82. The van der Waals surface area contributed by atoms with Gasteiger partial charge in [-0.2, -0.15) is 13.2 Å². The van der Waals surface area contributed by atoms with Crippen molar-refractivity contribution in [2.75, 3.05) is 13.2 Å². The molecule has 5 nitrogen and oxygen atoms in total. The van der Waals surface area contributed by atoms with Crippen molar-refractivity contribution in [2.24, 2.45) is 0 Å². The van der Waals surface area contributed by atoms with Crippen LogP contribution in [0.4, 0.5) is 18.0 Å². The van der Waals surface area contributed by atoms with Crippen molar-refractivity contribution in [3.63, 3.8) is 0 Å². The third-order valence-electron chi connectivity index (χ3n) is 2.79. The summed E-state index contributed by atoms with van der Waals surface area (Å²) in [6.45, 7) is 1.50. The van der Waals surface area contributed by atoms with E-state index in [2.05, 4.69) is 10.1 Å². The van der Waals surface area contributed by atoms with Gasteiger partial charge in [0.05, 0.1) is 6.04 Å². The average Bonchev–Trinajstić information content (AvgIpc) is 2.42. The van der Waals surface area contributed by atoms with Crippen molar-refractivity contribution >= 4 is 12.0 Å². The summed E-state index contributed by atoms with van der Waals surface area (Å²) in [6.07, 6.45) is -5.89. The van der Waals surface area contributed by atoms with Crippen LogP contribution in [0.5, 0.6) is 0 Å². The molecule has 2 N–H and O–H groups in total. The average molecular weight is 318 g/mol. The van der Waals surface area contributed by atoms with Gasteiger partial charge in [-0.05, 0) is 25.0 Å². The lowest BCUT2D eigenvalue weighted by Gasteiger charge is -2.16. The largest absolute Gasteiger partial charge is 0.440 e. The van der Waals surface area contributed by atoms with E-state index in [1.54, 1.807) is 6.92 Å². The SMILES string of the molecule is Cc1ccccc1[C@@H](C)NC(=O)CNC(=O)OCC(F)(F)F. The van der Waals surface area contributed by atoms with Crippen molar-refractivity contribution in [2.45, 2.75) is 26.1 Å². The molecule has 0 spiro atoms. The molecule has 1 rings (SSSR count). The van der Waals surface area contributed by atoms with E-state index in [4.69, 9.17) is 0 Å². The van der Waals surface area contributed by atoms with Crippen molar-refractivity contribution in [1.29, 1.82) is 0 Å². The van der Waals surface area contributed by atoms with Gasteiger partial charge < -0.3 is 15.4 Å². The van der Waals surface area contributed by atoms with Gasteiger partial charge in [0, 0.05) is 0 Å². The monoisotopic (exact) mass is 318 g/mol. The molecule has 1 atom stereocenters. The van der Waals surface area contributed by atoms with Crippen molar-refractivity contribution in [3.8, 4) is 0 Å². The zero-order valence-electron chi connectivity index (χ0n) is 12.2. The van der Waals surface area contributed by atoms with E-state index in [0.717, 1.165) is 11.1 Å². The van der Waals surface area contributed by atoms with Crippen molar-refractivity contribution < 1.29 is 27.5 Å². The van der Waals surface area contributed by atoms with Crippen LogP contribution in [-0.2, 0) is 9.53 Å². The van der Waals surface area contributed by atoms with Crippen molar-refractivity contribution in [1.82, 2.24) is 10.6 Å². The number of alkyl carbamates (subject to hydrolysis) is 1. The Labute approximate surface area is 125 Å². The molecule has 1 aromatic rings. The fraction of sp³-hybridized carbons (Fsp3) is 0.429. The molecule has 0 aliphatic carbocycles. The highest BCUT2D eigenvalue weighted by Crippen LogP contribution is 2.16. The Morgan fingerprint density at radius 3 is 2.50 bits per heavy atom. The standard InChI is InChI=1S/C14H17F3N2O3/c1-9-5-3-4-6-11(9)10(2)19-12(20)7-18-13(21)22-8-14(15,16)17/h3-6,10H,7-8H2,1-2H3,(H,18,21)(H,19,20)/t10-/m1/s1. The van der Waals surface area contributed by atoms with Crippen LogP contribution in [0.15, 0.2) is 24.3 Å². The maximum absolute atomic E-state index is 11.8. The first-order valence-electron chi connectivity index (χ1n) is 6.51. The van der Waals surface area contributed by atoms with Gasteiger partial charge in [0.2, 0.25) is 5.91 Å². The topological polar surface area (TPSA) is 67.4 Å². The number of carbonyl (C=O) groups excluding carboxylic acids is 2. The number of nitrogens with one attached hydrogen (secondary N) is 2. The minimum atomic E-state index is -4.60. The summed E-state index contributed by atoms with van der Waals surface area (Å²) in [6, 6.07) is 7.15. The Morgan fingerprint density at radius 2 is 1.91 bits per heavy atom. The Kier molecular flexibility index (Phi) is 6.21. The molecule has 0 fully saturated rings. The molecule has 0 unspecified atom stereocenters. The molecule has 0 radical (unpaired) electrons. The van der Waals surface area contributed by atoms with Crippen LogP contribution < -0.4 is 10.6 Å². The number of benzene rings is 1. The fourth-order valence-electron chi connectivity index (χ4n) is 1.79. The van der Waals surface area contributed by atoms with E-state index < -0.39 is 31.3 Å². The summed E-state index contributed by atoms with van der Waals surface area (Å²) in [7, 11) is 0. The first-order valence-corrected chi connectivity index (χ1v) is 6.51. The van der Waals surface area contributed by atoms with E-state index in [9.17, 15) is 22.8 Å². The quantitative estimate of drug-likeness (QED) is 0.876. The van der Waals surface area contributed by atoms with Crippen LogP contribution in [0.25, 0.3) is 0 Å². The Morgan fingerprint density at radius 1 is 1.27 bits per heavy atom. The summed E-state index contributed by atoms with van der Waals surface area (Å²) in [5.74, 6) is -0.528.